The fraction of sp³-hybridized carbons (Fsp3) is 0.526. The molecule has 22 heavy (non-hydrogen) atoms. The van der Waals surface area contributed by atoms with Crippen LogP contribution in [0.4, 0.5) is 0 Å². The third-order valence-corrected chi connectivity index (χ3v) is 3.97. The van der Waals surface area contributed by atoms with Crippen LogP contribution in [0, 0.1) is 6.92 Å². The number of phenolic OH excluding ortho intramolecular Hbond substituents is 1. The van der Waals surface area contributed by atoms with Gasteiger partial charge in [0.2, 0.25) is 0 Å². The van der Waals surface area contributed by atoms with E-state index in [-0.39, 0.29) is 5.75 Å². The van der Waals surface area contributed by atoms with Crippen LogP contribution in [-0.2, 0) is 11.3 Å². The quantitative estimate of drug-likeness (QED) is 0.653. The second kappa shape index (κ2) is 8.74. The Bertz CT molecular complexity index is 595. The number of unbranched alkanes of at least 4 members (excludes halogenated alkanes) is 5. The van der Waals surface area contributed by atoms with E-state index in [0.717, 1.165) is 29.7 Å². The molecule has 3 heteroatoms. The average molecular weight is 301 g/mol. The van der Waals surface area contributed by atoms with E-state index in [9.17, 15) is 5.11 Å². The SMILES string of the molecule is CCCCCCCCOCc1ccc(O)c2nc(C)ccc12. The molecular weight excluding hydrogens is 274 g/mol. The number of aromatic hydroxyl groups is 1. The van der Waals surface area contributed by atoms with Crippen LogP contribution < -0.4 is 0 Å². The van der Waals surface area contributed by atoms with Gasteiger partial charge >= 0.3 is 0 Å². The lowest BCUT2D eigenvalue weighted by molar-refractivity contribution is 0.117. The predicted octanol–water partition coefficient (Wildman–Crippen LogP) is 5.13. The maximum Gasteiger partial charge on any atom is 0.141 e. The van der Waals surface area contributed by atoms with Gasteiger partial charge in [-0.1, -0.05) is 51.2 Å². The summed E-state index contributed by atoms with van der Waals surface area (Å²) < 4.78 is 5.80. The first-order chi connectivity index (χ1) is 10.7. The summed E-state index contributed by atoms with van der Waals surface area (Å²) in [6.45, 7) is 5.55. The molecule has 1 heterocycles. The van der Waals surface area contributed by atoms with Gasteiger partial charge in [0, 0.05) is 17.7 Å². The molecule has 2 aromatic rings. The molecule has 0 aliphatic heterocycles. The van der Waals surface area contributed by atoms with E-state index in [0.29, 0.717) is 12.1 Å². The zero-order valence-corrected chi connectivity index (χ0v) is 13.8. The Labute approximate surface area is 133 Å². The van der Waals surface area contributed by atoms with E-state index < -0.39 is 0 Å². The molecule has 1 aromatic carbocycles. The van der Waals surface area contributed by atoms with Crippen molar-refractivity contribution in [2.24, 2.45) is 0 Å². The molecule has 1 aromatic heterocycles. The highest BCUT2D eigenvalue weighted by Gasteiger charge is 2.07. The Balaban J connectivity index is 1.83. The lowest BCUT2D eigenvalue weighted by atomic mass is 10.1. The summed E-state index contributed by atoms with van der Waals surface area (Å²) in [5.41, 5.74) is 2.67. The Hall–Kier alpha value is -1.61. The molecule has 1 N–H and O–H groups in total. The highest BCUT2D eigenvalue weighted by Crippen LogP contribution is 2.26. The van der Waals surface area contributed by atoms with Crippen molar-refractivity contribution in [3.8, 4) is 5.75 Å². The lowest BCUT2D eigenvalue weighted by Gasteiger charge is -2.09. The van der Waals surface area contributed by atoms with Gasteiger partial charge in [-0.2, -0.15) is 0 Å². The van der Waals surface area contributed by atoms with Crippen LogP contribution in [0.5, 0.6) is 5.75 Å². The number of hydrogen-bond acceptors (Lipinski definition) is 3. The Morgan fingerprint density at radius 1 is 1.00 bits per heavy atom. The van der Waals surface area contributed by atoms with E-state index in [2.05, 4.69) is 11.9 Å². The van der Waals surface area contributed by atoms with Crippen molar-refractivity contribution in [1.29, 1.82) is 0 Å². The maximum atomic E-state index is 9.93. The minimum atomic E-state index is 0.235. The van der Waals surface area contributed by atoms with Gasteiger partial charge in [-0.25, -0.2) is 4.98 Å². The number of fused-ring (bicyclic) bond motifs is 1. The van der Waals surface area contributed by atoms with Crippen LogP contribution in [0.3, 0.4) is 0 Å². The molecule has 0 bridgehead atoms. The van der Waals surface area contributed by atoms with Crippen LogP contribution in [-0.4, -0.2) is 16.7 Å². The molecule has 0 radical (unpaired) electrons. The number of pyridine rings is 1. The second-order valence-electron chi connectivity index (χ2n) is 5.91. The lowest BCUT2D eigenvalue weighted by Crippen LogP contribution is -1.97. The van der Waals surface area contributed by atoms with Crippen molar-refractivity contribution in [2.45, 2.75) is 59.0 Å². The zero-order valence-electron chi connectivity index (χ0n) is 13.8. The molecule has 120 valence electrons. The number of aromatic nitrogens is 1. The number of benzene rings is 1. The van der Waals surface area contributed by atoms with Crippen LogP contribution in [0.1, 0.15) is 56.7 Å². The molecule has 0 fully saturated rings. The Morgan fingerprint density at radius 2 is 1.77 bits per heavy atom. The van der Waals surface area contributed by atoms with E-state index in [1.54, 1.807) is 6.07 Å². The highest BCUT2D eigenvalue weighted by molar-refractivity contribution is 5.87. The summed E-state index contributed by atoms with van der Waals surface area (Å²) in [6, 6.07) is 7.62. The molecule has 2 rings (SSSR count). The van der Waals surface area contributed by atoms with Crippen LogP contribution in [0.25, 0.3) is 10.9 Å². The smallest absolute Gasteiger partial charge is 0.141 e. The summed E-state index contributed by atoms with van der Waals surface area (Å²) in [4.78, 5) is 4.42. The average Bonchev–Trinajstić information content (AvgIpc) is 2.52. The normalized spacial score (nSPS) is 11.2. The number of aryl methyl sites for hydroxylation is 1. The van der Waals surface area contributed by atoms with Crippen molar-refractivity contribution in [2.75, 3.05) is 6.61 Å². The van der Waals surface area contributed by atoms with Crippen molar-refractivity contribution >= 4 is 10.9 Å². The van der Waals surface area contributed by atoms with E-state index >= 15 is 0 Å². The Kier molecular flexibility index (Phi) is 6.66. The second-order valence-corrected chi connectivity index (χ2v) is 5.91. The van der Waals surface area contributed by atoms with Gasteiger partial charge in [0.25, 0.3) is 0 Å². The number of ether oxygens (including phenoxy) is 1. The summed E-state index contributed by atoms with van der Waals surface area (Å²) in [6.07, 6.45) is 7.64. The zero-order chi connectivity index (χ0) is 15.8. The number of rotatable bonds is 9. The van der Waals surface area contributed by atoms with Gasteiger partial charge in [-0.05, 0) is 31.0 Å². The molecule has 0 aliphatic carbocycles. The first-order valence-electron chi connectivity index (χ1n) is 8.38. The summed E-state index contributed by atoms with van der Waals surface area (Å²) in [5, 5.41) is 10.9. The molecule has 3 nitrogen and oxygen atoms in total. The molecule has 0 saturated carbocycles. The summed E-state index contributed by atoms with van der Waals surface area (Å²) in [5.74, 6) is 0.235. The van der Waals surface area contributed by atoms with E-state index in [1.165, 1.54) is 32.1 Å². The largest absolute Gasteiger partial charge is 0.506 e. The van der Waals surface area contributed by atoms with Crippen molar-refractivity contribution in [1.82, 2.24) is 4.98 Å². The first kappa shape index (κ1) is 16.8. The number of hydrogen-bond donors (Lipinski definition) is 1. The van der Waals surface area contributed by atoms with Crippen molar-refractivity contribution < 1.29 is 9.84 Å². The van der Waals surface area contributed by atoms with Gasteiger partial charge in [0.15, 0.2) is 0 Å². The standard InChI is InChI=1S/C19H27NO2/c1-3-4-5-6-7-8-13-22-14-16-10-12-18(21)19-17(16)11-9-15(2)20-19/h9-12,21H,3-8,13-14H2,1-2H3. The first-order valence-corrected chi connectivity index (χ1v) is 8.38. The van der Waals surface area contributed by atoms with Gasteiger partial charge < -0.3 is 9.84 Å². The fourth-order valence-electron chi connectivity index (χ4n) is 2.65. The third kappa shape index (κ3) is 4.70. The molecule has 0 saturated heterocycles. The van der Waals surface area contributed by atoms with Gasteiger partial charge in [-0.15, -0.1) is 0 Å². The maximum absolute atomic E-state index is 9.93. The van der Waals surface area contributed by atoms with Crippen LogP contribution in [0.15, 0.2) is 24.3 Å². The van der Waals surface area contributed by atoms with E-state index in [4.69, 9.17) is 4.74 Å². The molecule has 0 spiro atoms. The van der Waals surface area contributed by atoms with Crippen LogP contribution >= 0.6 is 0 Å². The molecule has 0 amide bonds. The topological polar surface area (TPSA) is 42.4 Å². The van der Waals surface area contributed by atoms with Gasteiger partial charge in [-0.3, -0.25) is 0 Å². The molecule has 0 atom stereocenters. The van der Waals surface area contributed by atoms with Gasteiger partial charge in [0.1, 0.15) is 11.3 Å². The van der Waals surface area contributed by atoms with Crippen molar-refractivity contribution in [3.63, 3.8) is 0 Å². The fourth-order valence-corrected chi connectivity index (χ4v) is 2.65. The molecular formula is C19H27NO2. The van der Waals surface area contributed by atoms with Crippen LogP contribution in [0.2, 0.25) is 0 Å². The highest BCUT2D eigenvalue weighted by atomic mass is 16.5. The Morgan fingerprint density at radius 3 is 2.59 bits per heavy atom. The molecule has 0 aliphatic rings. The minimum Gasteiger partial charge on any atom is -0.506 e. The third-order valence-electron chi connectivity index (χ3n) is 3.97. The van der Waals surface area contributed by atoms with E-state index in [1.807, 2.05) is 25.1 Å². The number of nitrogens with zero attached hydrogens (tertiary/aromatic N) is 1. The summed E-state index contributed by atoms with van der Waals surface area (Å²) >= 11 is 0. The monoisotopic (exact) mass is 301 g/mol. The summed E-state index contributed by atoms with van der Waals surface area (Å²) in [7, 11) is 0. The molecule has 0 unspecified atom stereocenters. The predicted molar refractivity (Wildman–Crippen MR) is 91.2 cm³/mol. The number of phenols is 1. The van der Waals surface area contributed by atoms with Gasteiger partial charge in [0.05, 0.1) is 6.61 Å². The minimum absolute atomic E-state index is 0.235. The van der Waals surface area contributed by atoms with Crippen molar-refractivity contribution in [3.05, 3.63) is 35.5 Å².